The van der Waals surface area contributed by atoms with Crippen molar-refractivity contribution in [2.75, 3.05) is 6.54 Å². The van der Waals surface area contributed by atoms with Crippen LogP contribution in [0.2, 0.25) is 0 Å². The van der Waals surface area contributed by atoms with Crippen molar-refractivity contribution in [1.29, 1.82) is 0 Å². The Hall–Kier alpha value is -2.38. The fourth-order valence-corrected chi connectivity index (χ4v) is 2.11. The first-order chi connectivity index (χ1) is 9.00. The Morgan fingerprint density at radius 3 is 2.74 bits per heavy atom. The number of carbonyl (C=O) groups is 2. The molecule has 1 N–H and O–H groups in total. The van der Waals surface area contributed by atoms with Crippen LogP contribution >= 0.6 is 0 Å². The van der Waals surface area contributed by atoms with E-state index in [4.69, 9.17) is 9.52 Å². The van der Waals surface area contributed by atoms with E-state index in [1.165, 1.54) is 11.0 Å². The average molecular weight is 268 g/mol. The lowest BCUT2D eigenvalue weighted by molar-refractivity contribution is -0.402. The van der Waals surface area contributed by atoms with E-state index in [1.807, 2.05) is 0 Å². The van der Waals surface area contributed by atoms with Gasteiger partial charge in [0.05, 0.1) is 6.07 Å². The predicted octanol–water partition coefficient (Wildman–Crippen LogP) is 1.27. The van der Waals surface area contributed by atoms with Crippen LogP contribution in [0.1, 0.15) is 29.8 Å². The van der Waals surface area contributed by atoms with E-state index in [9.17, 15) is 19.7 Å². The first-order valence-corrected chi connectivity index (χ1v) is 5.78. The van der Waals surface area contributed by atoms with Crippen molar-refractivity contribution < 1.29 is 24.0 Å². The van der Waals surface area contributed by atoms with Gasteiger partial charge in [0.2, 0.25) is 0 Å². The number of carboxylic acid groups (broad SMARTS) is 1. The minimum absolute atomic E-state index is 0.208. The van der Waals surface area contributed by atoms with Gasteiger partial charge in [-0.15, -0.1) is 0 Å². The number of hydrogen-bond donors (Lipinski definition) is 1. The van der Waals surface area contributed by atoms with E-state index in [2.05, 4.69) is 0 Å². The highest BCUT2D eigenvalue weighted by molar-refractivity contribution is 5.94. The molecule has 1 fully saturated rings. The van der Waals surface area contributed by atoms with Crippen molar-refractivity contribution in [1.82, 2.24) is 4.90 Å². The van der Waals surface area contributed by atoms with Crippen molar-refractivity contribution in [2.24, 2.45) is 0 Å². The van der Waals surface area contributed by atoms with Crippen molar-refractivity contribution in [2.45, 2.75) is 25.3 Å². The molecule has 0 bridgehead atoms. The van der Waals surface area contributed by atoms with Crippen LogP contribution in [0, 0.1) is 10.1 Å². The summed E-state index contributed by atoms with van der Waals surface area (Å²) in [5.41, 5.74) is 0. The highest BCUT2D eigenvalue weighted by atomic mass is 16.6. The average Bonchev–Trinajstić information content (AvgIpc) is 2.87. The van der Waals surface area contributed by atoms with Crippen LogP contribution in [0.25, 0.3) is 0 Å². The second-order valence-electron chi connectivity index (χ2n) is 4.24. The summed E-state index contributed by atoms with van der Waals surface area (Å²) in [4.78, 5) is 34.1. The van der Waals surface area contributed by atoms with Crippen LogP contribution in [-0.4, -0.2) is 39.4 Å². The Kier molecular flexibility index (Phi) is 3.50. The van der Waals surface area contributed by atoms with Crippen LogP contribution in [-0.2, 0) is 4.79 Å². The lowest BCUT2D eigenvalue weighted by Crippen LogP contribution is -2.47. The predicted molar refractivity (Wildman–Crippen MR) is 61.7 cm³/mol. The third-order valence-electron chi connectivity index (χ3n) is 3.03. The molecule has 19 heavy (non-hydrogen) atoms. The van der Waals surface area contributed by atoms with Gasteiger partial charge in [0, 0.05) is 6.54 Å². The second-order valence-corrected chi connectivity index (χ2v) is 4.24. The van der Waals surface area contributed by atoms with Crippen LogP contribution in [0.5, 0.6) is 0 Å². The number of rotatable bonds is 3. The number of aliphatic carboxylic acids is 1. The molecule has 0 unspecified atom stereocenters. The summed E-state index contributed by atoms with van der Waals surface area (Å²) in [6.07, 6.45) is 1.82. The van der Waals surface area contributed by atoms with Gasteiger partial charge in [-0.1, -0.05) is 0 Å². The topological polar surface area (TPSA) is 114 Å². The third-order valence-corrected chi connectivity index (χ3v) is 3.03. The highest BCUT2D eigenvalue weighted by Crippen LogP contribution is 2.22. The SMILES string of the molecule is O=C(O)[C@@H]1CCCCN1C(=O)c1ccc([N+](=O)[O-])o1. The number of nitrogens with zero attached hydrogens (tertiary/aromatic N) is 2. The molecular weight excluding hydrogens is 256 g/mol. The summed E-state index contributed by atoms with van der Waals surface area (Å²) < 4.78 is 4.80. The van der Waals surface area contributed by atoms with Crippen LogP contribution < -0.4 is 0 Å². The van der Waals surface area contributed by atoms with Gasteiger partial charge in [0.15, 0.2) is 5.76 Å². The van der Waals surface area contributed by atoms with Crippen molar-refractivity contribution in [3.05, 3.63) is 28.0 Å². The summed E-state index contributed by atoms with van der Waals surface area (Å²) in [6.45, 7) is 0.310. The summed E-state index contributed by atoms with van der Waals surface area (Å²) in [5, 5.41) is 19.5. The van der Waals surface area contributed by atoms with E-state index in [0.29, 0.717) is 19.4 Å². The van der Waals surface area contributed by atoms with E-state index in [-0.39, 0.29) is 5.76 Å². The van der Waals surface area contributed by atoms with Crippen LogP contribution in [0.4, 0.5) is 5.88 Å². The van der Waals surface area contributed by atoms with E-state index in [0.717, 1.165) is 12.5 Å². The molecule has 0 radical (unpaired) electrons. The quantitative estimate of drug-likeness (QED) is 0.652. The largest absolute Gasteiger partial charge is 0.480 e. The highest BCUT2D eigenvalue weighted by Gasteiger charge is 2.34. The maximum absolute atomic E-state index is 12.1. The summed E-state index contributed by atoms with van der Waals surface area (Å²) in [7, 11) is 0. The Morgan fingerprint density at radius 2 is 2.16 bits per heavy atom. The van der Waals surface area contributed by atoms with Gasteiger partial charge in [-0.3, -0.25) is 14.9 Å². The number of carbonyl (C=O) groups excluding carboxylic acids is 1. The molecule has 1 atom stereocenters. The monoisotopic (exact) mass is 268 g/mol. The third kappa shape index (κ3) is 2.56. The summed E-state index contributed by atoms with van der Waals surface area (Å²) >= 11 is 0. The number of piperidine rings is 1. The molecule has 0 aromatic carbocycles. The first kappa shape index (κ1) is 13.1. The lowest BCUT2D eigenvalue weighted by Gasteiger charge is -2.32. The van der Waals surface area contributed by atoms with Crippen molar-refractivity contribution >= 4 is 17.8 Å². The van der Waals surface area contributed by atoms with E-state index >= 15 is 0 Å². The maximum Gasteiger partial charge on any atom is 0.433 e. The second kappa shape index (κ2) is 5.09. The molecule has 0 saturated carbocycles. The molecule has 2 rings (SSSR count). The Bertz CT molecular complexity index is 523. The van der Waals surface area contributed by atoms with Gasteiger partial charge in [-0.2, -0.15) is 0 Å². The number of amides is 1. The number of furan rings is 1. The van der Waals surface area contributed by atoms with Crippen LogP contribution in [0.3, 0.4) is 0 Å². The Balaban J connectivity index is 2.21. The molecule has 1 aliphatic rings. The van der Waals surface area contributed by atoms with Gasteiger partial charge in [0.25, 0.3) is 5.91 Å². The van der Waals surface area contributed by atoms with Gasteiger partial charge < -0.3 is 14.4 Å². The molecule has 8 nitrogen and oxygen atoms in total. The van der Waals surface area contributed by atoms with Crippen LogP contribution in [0.15, 0.2) is 16.5 Å². The maximum atomic E-state index is 12.1. The zero-order valence-electron chi connectivity index (χ0n) is 9.94. The Morgan fingerprint density at radius 1 is 1.42 bits per heavy atom. The lowest BCUT2D eigenvalue weighted by atomic mass is 10.0. The van der Waals surface area contributed by atoms with E-state index < -0.39 is 28.7 Å². The molecule has 8 heteroatoms. The normalized spacial score (nSPS) is 19.2. The number of nitro groups is 1. The van der Waals surface area contributed by atoms with Gasteiger partial charge in [0.1, 0.15) is 11.0 Å². The van der Waals surface area contributed by atoms with E-state index in [1.54, 1.807) is 0 Å². The molecule has 1 saturated heterocycles. The fourth-order valence-electron chi connectivity index (χ4n) is 2.11. The first-order valence-electron chi connectivity index (χ1n) is 5.78. The van der Waals surface area contributed by atoms with Gasteiger partial charge >= 0.3 is 11.9 Å². The molecule has 102 valence electrons. The standard InChI is InChI=1S/C11H12N2O6/c14-10(8-4-5-9(19-8)13(17)18)12-6-2-1-3-7(12)11(15)16/h4-5,7H,1-3,6H2,(H,15,16)/t7-/m0/s1. The van der Waals surface area contributed by atoms with Crippen molar-refractivity contribution in [3.8, 4) is 0 Å². The smallest absolute Gasteiger partial charge is 0.433 e. The minimum Gasteiger partial charge on any atom is -0.480 e. The number of carboxylic acids is 1. The van der Waals surface area contributed by atoms with Gasteiger partial charge in [-0.25, -0.2) is 4.79 Å². The molecule has 0 spiro atoms. The zero-order valence-corrected chi connectivity index (χ0v) is 9.94. The summed E-state index contributed by atoms with van der Waals surface area (Å²) in [5.74, 6) is -2.44. The van der Waals surface area contributed by atoms with Gasteiger partial charge in [-0.05, 0) is 25.3 Å². The molecule has 1 aromatic rings. The minimum atomic E-state index is -1.07. The zero-order chi connectivity index (χ0) is 14.0. The molecule has 2 heterocycles. The number of likely N-dealkylation sites (tertiary alicyclic amines) is 1. The molecule has 1 aromatic heterocycles. The summed E-state index contributed by atoms with van der Waals surface area (Å²) in [6, 6.07) is 1.37. The fraction of sp³-hybridized carbons (Fsp3) is 0.455. The van der Waals surface area contributed by atoms with Crippen molar-refractivity contribution in [3.63, 3.8) is 0 Å². The Labute approximate surface area is 107 Å². The molecule has 0 aliphatic carbocycles. The molecule has 1 amide bonds. The molecule has 1 aliphatic heterocycles. The molecular formula is C11H12N2O6. The number of hydrogen-bond acceptors (Lipinski definition) is 5.